The van der Waals surface area contributed by atoms with Crippen LogP contribution in [0.4, 0.5) is 0 Å². The van der Waals surface area contributed by atoms with Gasteiger partial charge in [-0.1, -0.05) is 38.4 Å². The number of hydrogen-bond donors (Lipinski definition) is 1. The number of carbonyl (C=O) groups excluding carboxylic acids is 2. The third kappa shape index (κ3) is 3.90. The van der Waals surface area contributed by atoms with Crippen molar-refractivity contribution in [2.24, 2.45) is 0 Å². The molecule has 34 heavy (non-hydrogen) atoms. The van der Waals surface area contributed by atoms with Gasteiger partial charge in [-0.3, -0.25) is 24.4 Å². The molecule has 2 aromatic heterocycles. The van der Waals surface area contributed by atoms with Gasteiger partial charge in [-0.05, 0) is 49.9 Å². The molecule has 2 amide bonds. The minimum atomic E-state index is -0.474. The predicted molar refractivity (Wildman–Crippen MR) is 132 cm³/mol. The van der Waals surface area contributed by atoms with Gasteiger partial charge in [-0.15, -0.1) is 0 Å². The molecule has 0 saturated heterocycles. The van der Waals surface area contributed by atoms with Crippen LogP contribution >= 0.6 is 11.6 Å². The SMILES string of the molecule is CCc1cc[n+](C2=C(c3c(C(C)C)[nH]n(-c4cccc(Cl)c4)c3=O)C(=O)N(C(C)C)C2=O)cc1. The molecular formula is C26H28ClN4O3+. The normalized spacial score (nSPS) is 14.3. The van der Waals surface area contributed by atoms with Crippen LogP contribution in [0.15, 0.2) is 53.6 Å². The molecule has 8 heteroatoms. The molecule has 3 heterocycles. The van der Waals surface area contributed by atoms with Gasteiger partial charge in [0.15, 0.2) is 12.4 Å². The van der Waals surface area contributed by atoms with E-state index in [0.717, 1.165) is 12.0 Å². The van der Waals surface area contributed by atoms with E-state index in [0.29, 0.717) is 16.4 Å². The quantitative estimate of drug-likeness (QED) is 0.429. The molecule has 7 nitrogen and oxygen atoms in total. The summed E-state index contributed by atoms with van der Waals surface area (Å²) >= 11 is 6.16. The Kier molecular flexibility index (Phi) is 6.32. The maximum Gasteiger partial charge on any atom is 0.327 e. The van der Waals surface area contributed by atoms with E-state index in [2.05, 4.69) is 5.10 Å². The van der Waals surface area contributed by atoms with Gasteiger partial charge in [0.05, 0.1) is 11.3 Å². The summed E-state index contributed by atoms with van der Waals surface area (Å²) in [6, 6.07) is 10.4. The number of hydrogen-bond acceptors (Lipinski definition) is 3. The van der Waals surface area contributed by atoms with Crippen molar-refractivity contribution in [3.63, 3.8) is 0 Å². The van der Waals surface area contributed by atoms with E-state index >= 15 is 0 Å². The molecule has 0 bridgehead atoms. The lowest BCUT2D eigenvalue weighted by Gasteiger charge is -2.17. The molecule has 0 unspecified atom stereocenters. The molecule has 0 fully saturated rings. The van der Waals surface area contributed by atoms with E-state index in [1.807, 2.05) is 32.9 Å². The molecule has 0 atom stereocenters. The van der Waals surface area contributed by atoms with Gasteiger partial charge in [0, 0.05) is 28.9 Å². The van der Waals surface area contributed by atoms with Gasteiger partial charge in [-0.2, -0.15) is 4.57 Å². The Labute approximate surface area is 203 Å². The van der Waals surface area contributed by atoms with E-state index in [4.69, 9.17) is 11.6 Å². The number of halogens is 1. The summed E-state index contributed by atoms with van der Waals surface area (Å²) in [6.45, 7) is 9.48. The summed E-state index contributed by atoms with van der Waals surface area (Å²) in [5, 5.41) is 3.64. The lowest BCUT2D eigenvalue weighted by Crippen LogP contribution is -2.42. The van der Waals surface area contributed by atoms with E-state index in [-0.39, 0.29) is 28.8 Å². The number of H-pyrrole nitrogens is 1. The van der Waals surface area contributed by atoms with Gasteiger partial charge in [0.2, 0.25) is 0 Å². The zero-order chi connectivity index (χ0) is 24.7. The minimum Gasteiger partial charge on any atom is -0.294 e. The lowest BCUT2D eigenvalue weighted by atomic mass is 9.98. The number of amides is 2. The summed E-state index contributed by atoms with van der Waals surface area (Å²) in [5.74, 6) is -1.01. The van der Waals surface area contributed by atoms with E-state index in [1.54, 1.807) is 55.1 Å². The van der Waals surface area contributed by atoms with Crippen molar-refractivity contribution in [1.29, 1.82) is 0 Å². The number of aromatic amines is 1. The van der Waals surface area contributed by atoms with Crippen LogP contribution in [-0.4, -0.2) is 32.5 Å². The number of rotatable bonds is 6. The second-order valence-corrected chi connectivity index (χ2v) is 9.38. The molecule has 1 aliphatic rings. The molecule has 0 radical (unpaired) electrons. The number of aromatic nitrogens is 3. The first-order chi connectivity index (χ1) is 16.1. The Morgan fingerprint density at radius 2 is 1.68 bits per heavy atom. The molecule has 0 spiro atoms. The highest BCUT2D eigenvalue weighted by molar-refractivity contribution is 6.44. The minimum absolute atomic E-state index is 0.110. The number of benzene rings is 1. The maximum absolute atomic E-state index is 13.8. The van der Waals surface area contributed by atoms with Crippen LogP contribution in [0, 0.1) is 0 Å². The summed E-state index contributed by atoms with van der Waals surface area (Å²) in [5.41, 5.74) is 2.31. The van der Waals surface area contributed by atoms with Crippen molar-refractivity contribution in [2.45, 2.75) is 53.0 Å². The fourth-order valence-corrected chi connectivity index (χ4v) is 4.41. The lowest BCUT2D eigenvalue weighted by molar-refractivity contribution is -0.577. The smallest absolute Gasteiger partial charge is 0.294 e. The van der Waals surface area contributed by atoms with Crippen LogP contribution in [0.1, 0.15) is 57.4 Å². The van der Waals surface area contributed by atoms with E-state index in [1.165, 1.54) is 9.58 Å². The maximum atomic E-state index is 13.8. The van der Waals surface area contributed by atoms with Gasteiger partial charge in [0.1, 0.15) is 5.57 Å². The Morgan fingerprint density at radius 1 is 1.00 bits per heavy atom. The molecule has 176 valence electrons. The largest absolute Gasteiger partial charge is 0.327 e. The van der Waals surface area contributed by atoms with Gasteiger partial charge in [0.25, 0.3) is 17.2 Å². The monoisotopic (exact) mass is 479 g/mol. The molecule has 3 aromatic rings. The van der Waals surface area contributed by atoms with Crippen molar-refractivity contribution in [3.05, 3.63) is 81.0 Å². The summed E-state index contributed by atoms with van der Waals surface area (Å²) in [6.07, 6.45) is 4.37. The first kappa shape index (κ1) is 23.7. The Bertz CT molecular complexity index is 1360. The van der Waals surface area contributed by atoms with Crippen LogP contribution in [0.2, 0.25) is 5.02 Å². The second-order valence-electron chi connectivity index (χ2n) is 8.94. The second kappa shape index (κ2) is 9.06. The first-order valence-corrected chi connectivity index (χ1v) is 11.8. The zero-order valence-corrected chi connectivity index (χ0v) is 20.7. The average Bonchev–Trinajstić information content (AvgIpc) is 3.26. The molecule has 1 aliphatic heterocycles. The van der Waals surface area contributed by atoms with Crippen LogP contribution in [0.3, 0.4) is 0 Å². The van der Waals surface area contributed by atoms with Gasteiger partial charge < -0.3 is 0 Å². The Hall–Kier alpha value is -3.45. The summed E-state index contributed by atoms with van der Waals surface area (Å²) in [7, 11) is 0. The number of imide groups is 1. The molecule has 1 aromatic carbocycles. The number of carbonyl (C=O) groups is 2. The number of nitrogens with zero attached hydrogens (tertiary/aromatic N) is 3. The highest BCUT2D eigenvalue weighted by Crippen LogP contribution is 2.33. The first-order valence-electron chi connectivity index (χ1n) is 11.4. The number of pyridine rings is 1. The van der Waals surface area contributed by atoms with Crippen molar-refractivity contribution >= 4 is 34.7 Å². The van der Waals surface area contributed by atoms with Crippen molar-refractivity contribution < 1.29 is 14.2 Å². The number of aryl methyl sites for hydroxylation is 1. The average molecular weight is 480 g/mol. The highest BCUT2D eigenvalue weighted by Gasteiger charge is 2.48. The predicted octanol–water partition coefficient (Wildman–Crippen LogP) is 3.94. The summed E-state index contributed by atoms with van der Waals surface area (Å²) in [4.78, 5) is 42.1. The van der Waals surface area contributed by atoms with Crippen LogP contribution < -0.4 is 10.1 Å². The molecule has 4 rings (SSSR count). The Morgan fingerprint density at radius 3 is 2.24 bits per heavy atom. The molecular weight excluding hydrogens is 452 g/mol. The Balaban J connectivity index is 2.04. The molecule has 0 saturated carbocycles. The van der Waals surface area contributed by atoms with Gasteiger partial charge in [-0.25, -0.2) is 4.68 Å². The fraction of sp³-hybridized carbons (Fsp3) is 0.308. The van der Waals surface area contributed by atoms with Crippen molar-refractivity contribution in [1.82, 2.24) is 14.7 Å². The zero-order valence-electron chi connectivity index (χ0n) is 19.9. The standard InChI is InChI=1S/C26H27ClN4O3/c1-6-17-10-12-29(13-11-17)23-21(24(32)30(16(4)5)26(23)34)20-22(15(2)3)28-31(25(20)33)19-9-7-8-18(27)14-19/h7-16H,6H2,1-5H3/p+1. The molecule has 0 aliphatic carbocycles. The van der Waals surface area contributed by atoms with Crippen LogP contribution in [0.5, 0.6) is 0 Å². The van der Waals surface area contributed by atoms with Crippen LogP contribution in [-0.2, 0) is 16.0 Å². The third-order valence-corrected chi connectivity index (χ3v) is 6.22. The number of nitrogens with one attached hydrogen (secondary N) is 1. The third-order valence-electron chi connectivity index (χ3n) is 5.98. The van der Waals surface area contributed by atoms with E-state index < -0.39 is 17.4 Å². The topological polar surface area (TPSA) is 79.1 Å². The fourth-order valence-electron chi connectivity index (χ4n) is 4.22. The molecule has 1 N–H and O–H groups in total. The van der Waals surface area contributed by atoms with Crippen molar-refractivity contribution in [2.75, 3.05) is 0 Å². The van der Waals surface area contributed by atoms with Crippen LogP contribution in [0.25, 0.3) is 17.0 Å². The van der Waals surface area contributed by atoms with E-state index in [9.17, 15) is 14.4 Å². The van der Waals surface area contributed by atoms with Gasteiger partial charge >= 0.3 is 5.91 Å². The highest BCUT2D eigenvalue weighted by atomic mass is 35.5. The summed E-state index contributed by atoms with van der Waals surface area (Å²) < 4.78 is 3.01. The van der Waals surface area contributed by atoms with Crippen molar-refractivity contribution in [3.8, 4) is 5.69 Å².